The van der Waals surface area contributed by atoms with Crippen LogP contribution >= 0.6 is 0 Å². The lowest BCUT2D eigenvalue weighted by atomic mass is 10.2. The van der Waals surface area contributed by atoms with Gasteiger partial charge in [-0.3, -0.25) is 4.79 Å². The molecule has 0 bridgehead atoms. The molecule has 3 rings (SSSR count). The molecule has 0 aliphatic rings. The molecule has 0 fully saturated rings. The maximum absolute atomic E-state index is 12.5. The fourth-order valence-electron chi connectivity index (χ4n) is 2.20. The maximum Gasteiger partial charge on any atom is 0.341 e. The first-order valence-electron chi connectivity index (χ1n) is 7.42. The number of amides is 1. The molecule has 0 spiro atoms. The first-order chi connectivity index (χ1) is 12.4. The fraction of sp³-hybridized carbons (Fsp3) is 0.0588. The van der Waals surface area contributed by atoms with E-state index in [1.54, 1.807) is 16.9 Å². The summed E-state index contributed by atoms with van der Waals surface area (Å²) in [6.45, 7) is 0. The van der Waals surface area contributed by atoms with Crippen LogP contribution < -0.4 is 5.32 Å². The lowest BCUT2D eigenvalue weighted by Crippen LogP contribution is -2.14. The number of hydrogen-bond acceptors (Lipinski definition) is 4. The third-order valence-electron chi connectivity index (χ3n) is 3.53. The normalized spacial score (nSPS) is 11.5. The minimum Gasteiger partial charge on any atom is -0.305 e. The fourth-order valence-corrected chi connectivity index (χ4v) is 2.92. The van der Waals surface area contributed by atoms with Crippen molar-refractivity contribution in [1.29, 1.82) is 0 Å². The lowest BCUT2D eigenvalue weighted by molar-refractivity contribution is 0.102. The highest BCUT2D eigenvalue weighted by Gasteiger charge is 2.26. The largest absolute Gasteiger partial charge is 0.341 e. The van der Waals surface area contributed by atoms with Gasteiger partial charge in [0.2, 0.25) is 9.84 Å². The molecule has 1 heterocycles. The lowest BCUT2D eigenvalue weighted by Gasteiger charge is -2.05. The molecule has 3 aromatic rings. The first kappa shape index (κ1) is 17.7. The predicted molar refractivity (Wildman–Crippen MR) is 91.1 cm³/mol. The molecule has 0 unspecified atom stereocenters. The van der Waals surface area contributed by atoms with Crippen LogP contribution in [0.5, 0.6) is 0 Å². The van der Waals surface area contributed by atoms with Crippen LogP contribution in [0.1, 0.15) is 10.4 Å². The van der Waals surface area contributed by atoms with Crippen LogP contribution in [0, 0.1) is 0 Å². The molecule has 2 aromatic carbocycles. The molecule has 0 saturated carbocycles. The van der Waals surface area contributed by atoms with E-state index in [9.17, 15) is 22.0 Å². The van der Waals surface area contributed by atoms with Gasteiger partial charge in [0.1, 0.15) is 0 Å². The zero-order chi connectivity index (χ0) is 18.7. The summed E-state index contributed by atoms with van der Waals surface area (Å²) in [5, 5.41) is 6.78. The highest BCUT2D eigenvalue weighted by atomic mass is 32.2. The summed E-state index contributed by atoms with van der Waals surface area (Å²) >= 11 is 0. The van der Waals surface area contributed by atoms with Gasteiger partial charge in [0, 0.05) is 17.8 Å². The third kappa shape index (κ3) is 3.62. The van der Waals surface area contributed by atoms with Crippen molar-refractivity contribution >= 4 is 21.6 Å². The molecule has 1 amide bonds. The summed E-state index contributed by atoms with van der Waals surface area (Å²) in [5.41, 5.74) is 0.932. The highest BCUT2D eigenvalue weighted by molar-refractivity contribution is 7.91. The SMILES string of the molecule is O=C(Nc1ccn(-c2ccccc2)n1)c1ccc(S(=O)(=O)C(F)F)cc1. The number of alkyl halides is 2. The molecule has 6 nitrogen and oxygen atoms in total. The van der Waals surface area contributed by atoms with Crippen LogP contribution in [-0.2, 0) is 9.84 Å². The molecular formula is C17H13F2N3O3S. The Morgan fingerprint density at radius 1 is 1.00 bits per heavy atom. The Bertz CT molecular complexity index is 1020. The Hall–Kier alpha value is -3.07. The number of carbonyl (C=O) groups excluding carboxylic acids is 1. The van der Waals surface area contributed by atoms with E-state index in [-0.39, 0.29) is 5.56 Å². The number of nitrogens with zero attached hydrogens (tertiary/aromatic N) is 2. The summed E-state index contributed by atoms with van der Waals surface area (Å²) in [7, 11) is -4.69. The van der Waals surface area contributed by atoms with Crippen molar-refractivity contribution in [1.82, 2.24) is 9.78 Å². The van der Waals surface area contributed by atoms with E-state index in [2.05, 4.69) is 10.4 Å². The summed E-state index contributed by atoms with van der Waals surface area (Å²) in [6, 6.07) is 15.1. The number of para-hydroxylation sites is 1. The molecule has 1 aromatic heterocycles. The topological polar surface area (TPSA) is 81.1 Å². The number of benzene rings is 2. The summed E-state index contributed by atoms with van der Waals surface area (Å²) in [4.78, 5) is 11.7. The Kier molecular flexibility index (Phi) is 4.81. The van der Waals surface area contributed by atoms with Gasteiger partial charge in [-0.25, -0.2) is 13.1 Å². The number of sulfone groups is 1. The smallest absolute Gasteiger partial charge is 0.305 e. The van der Waals surface area contributed by atoms with E-state index in [1.807, 2.05) is 30.3 Å². The van der Waals surface area contributed by atoms with Gasteiger partial charge >= 0.3 is 5.76 Å². The molecule has 0 aliphatic heterocycles. The molecule has 0 atom stereocenters. The molecule has 0 saturated heterocycles. The summed E-state index contributed by atoms with van der Waals surface area (Å²) in [6.07, 6.45) is 1.67. The zero-order valence-electron chi connectivity index (χ0n) is 13.2. The molecule has 134 valence electrons. The first-order valence-corrected chi connectivity index (χ1v) is 8.97. The molecule has 1 N–H and O–H groups in total. The van der Waals surface area contributed by atoms with Gasteiger partial charge in [-0.15, -0.1) is 0 Å². The molecule has 0 aliphatic carbocycles. The number of nitrogens with one attached hydrogen (secondary N) is 1. The monoisotopic (exact) mass is 377 g/mol. The van der Waals surface area contributed by atoms with E-state index < -0.39 is 26.4 Å². The van der Waals surface area contributed by atoms with Crippen LogP contribution in [-0.4, -0.2) is 29.9 Å². The Morgan fingerprint density at radius 2 is 1.65 bits per heavy atom. The second kappa shape index (κ2) is 7.04. The van der Waals surface area contributed by atoms with Gasteiger partial charge < -0.3 is 5.32 Å². The predicted octanol–water partition coefficient (Wildman–Crippen LogP) is 3.12. The quantitative estimate of drug-likeness (QED) is 0.741. The Morgan fingerprint density at radius 3 is 2.27 bits per heavy atom. The van der Waals surface area contributed by atoms with Gasteiger partial charge in [0.25, 0.3) is 5.91 Å². The van der Waals surface area contributed by atoms with E-state index in [0.29, 0.717) is 5.82 Å². The van der Waals surface area contributed by atoms with Crippen molar-refractivity contribution in [2.45, 2.75) is 10.7 Å². The van der Waals surface area contributed by atoms with Crippen molar-refractivity contribution in [2.24, 2.45) is 0 Å². The summed E-state index contributed by atoms with van der Waals surface area (Å²) < 4.78 is 49.4. The minimum absolute atomic E-state index is 0.118. The number of hydrogen-bond donors (Lipinski definition) is 1. The van der Waals surface area contributed by atoms with Crippen LogP contribution in [0.2, 0.25) is 0 Å². The van der Waals surface area contributed by atoms with E-state index in [1.165, 1.54) is 12.1 Å². The molecule has 0 radical (unpaired) electrons. The van der Waals surface area contributed by atoms with Crippen molar-refractivity contribution in [3.05, 3.63) is 72.4 Å². The van der Waals surface area contributed by atoms with E-state index >= 15 is 0 Å². The molecular weight excluding hydrogens is 364 g/mol. The summed E-state index contributed by atoms with van der Waals surface area (Å²) in [5.74, 6) is -3.75. The van der Waals surface area contributed by atoms with Crippen LogP contribution in [0.25, 0.3) is 5.69 Å². The van der Waals surface area contributed by atoms with E-state index in [4.69, 9.17) is 0 Å². The van der Waals surface area contributed by atoms with Crippen molar-refractivity contribution in [2.75, 3.05) is 5.32 Å². The highest BCUT2D eigenvalue weighted by Crippen LogP contribution is 2.19. The maximum atomic E-state index is 12.5. The number of halogens is 2. The minimum atomic E-state index is -4.69. The van der Waals surface area contributed by atoms with E-state index in [0.717, 1.165) is 17.8 Å². The Balaban J connectivity index is 1.74. The molecule has 26 heavy (non-hydrogen) atoms. The number of aromatic nitrogens is 2. The second-order valence-electron chi connectivity index (χ2n) is 5.27. The average molecular weight is 377 g/mol. The van der Waals surface area contributed by atoms with Gasteiger partial charge in [0.15, 0.2) is 5.82 Å². The number of carbonyl (C=O) groups is 1. The number of rotatable bonds is 5. The Labute approximate surface area is 148 Å². The van der Waals surface area contributed by atoms with Crippen molar-refractivity contribution < 1.29 is 22.0 Å². The van der Waals surface area contributed by atoms with Gasteiger partial charge in [-0.2, -0.15) is 13.9 Å². The number of anilines is 1. The van der Waals surface area contributed by atoms with Gasteiger partial charge in [-0.1, -0.05) is 18.2 Å². The van der Waals surface area contributed by atoms with Gasteiger partial charge in [0.05, 0.1) is 10.6 Å². The standard InChI is InChI=1S/C17H13F2N3O3S/c18-17(19)26(24,25)14-8-6-12(7-9-14)16(23)20-15-10-11-22(21-15)13-4-2-1-3-5-13/h1-11,17H,(H,20,21,23). The second-order valence-corrected chi connectivity index (χ2v) is 7.18. The average Bonchev–Trinajstić information content (AvgIpc) is 3.11. The molecule has 9 heteroatoms. The zero-order valence-corrected chi connectivity index (χ0v) is 14.0. The van der Waals surface area contributed by atoms with Crippen LogP contribution in [0.3, 0.4) is 0 Å². The van der Waals surface area contributed by atoms with Crippen molar-refractivity contribution in [3.8, 4) is 5.69 Å². The van der Waals surface area contributed by atoms with Crippen LogP contribution in [0.4, 0.5) is 14.6 Å². The van der Waals surface area contributed by atoms with Crippen molar-refractivity contribution in [3.63, 3.8) is 0 Å². The van der Waals surface area contributed by atoms with Crippen LogP contribution in [0.15, 0.2) is 71.8 Å². The third-order valence-corrected chi connectivity index (χ3v) is 4.93. The van der Waals surface area contributed by atoms with Gasteiger partial charge in [-0.05, 0) is 36.4 Å².